The van der Waals surface area contributed by atoms with Gasteiger partial charge in [0.1, 0.15) is 12.2 Å². The van der Waals surface area contributed by atoms with Gasteiger partial charge in [0.05, 0.1) is 12.6 Å². The molecule has 1 amide bonds. The molecule has 1 N–H and O–H groups in total. The lowest BCUT2D eigenvalue weighted by molar-refractivity contribution is -0.131. The second-order valence-electron chi connectivity index (χ2n) is 4.84. The first-order valence-electron chi connectivity index (χ1n) is 6.53. The lowest BCUT2D eigenvalue weighted by Gasteiger charge is -2.27. The Bertz CT molecular complexity index is 397. The van der Waals surface area contributed by atoms with E-state index >= 15 is 0 Å². The zero-order valence-electron chi connectivity index (χ0n) is 11.1. The average molecular weight is 251 g/mol. The van der Waals surface area contributed by atoms with Gasteiger partial charge in [0.25, 0.3) is 0 Å². The molecule has 1 aromatic rings. The van der Waals surface area contributed by atoms with E-state index in [1.54, 1.807) is 6.33 Å². The maximum Gasteiger partial charge on any atom is 0.236 e. The Morgan fingerprint density at radius 2 is 2.17 bits per heavy atom. The van der Waals surface area contributed by atoms with Gasteiger partial charge in [-0.05, 0) is 26.2 Å². The minimum Gasteiger partial charge on any atom is -0.342 e. The Morgan fingerprint density at radius 1 is 1.44 bits per heavy atom. The molecule has 0 spiro atoms. The summed E-state index contributed by atoms with van der Waals surface area (Å²) in [5, 5.41) is 11.1. The fourth-order valence-corrected chi connectivity index (χ4v) is 2.27. The van der Waals surface area contributed by atoms with E-state index in [0.717, 1.165) is 31.8 Å². The van der Waals surface area contributed by atoms with E-state index in [1.807, 2.05) is 23.4 Å². The first-order chi connectivity index (χ1) is 8.68. The number of likely N-dealkylation sites (tertiary alicyclic amines) is 1. The van der Waals surface area contributed by atoms with Gasteiger partial charge in [-0.1, -0.05) is 0 Å². The molecule has 6 nitrogen and oxygen atoms in total. The Morgan fingerprint density at radius 3 is 2.78 bits per heavy atom. The summed E-state index contributed by atoms with van der Waals surface area (Å²) in [5.74, 6) is 1.03. The second kappa shape index (κ2) is 5.95. The molecule has 1 saturated heterocycles. The molecular formula is C12H21N5O. The monoisotopic (exact) mass is 251 g/mol. The molecule has 0 bridgehead atoms. The van der Waals surface area contributed by atoms with E-state index < -0.39 is 0 Å². The Hall–Kier alpha value is -1.43. The average Bonchev–Trinajstić information content (AvgIpc) is 2.83. The molecule has 6 heteroatoms. The number of hydrogen-bond donors (Lipinski definition) is 1. The number of nitrogens with zero attached hydrogens (tertiary/aromatic N) is 4. The minimum absolute atomic E-state index is 0.0336. The number of nitrogens with one attached hydrogen (secondary N) is 1. The van der Waals surface area contributed by atoms with Gasteiger partial charge in [-0.25, -0.2) is 0 Å². The van der Waals surface area contributed by atoms with Crippen molar-refractivity contribution in [2.45, 2.75) is 32.2 Å². The van der Waals surface area contributed by atoms with E-state index in [9.17, 15) is 4.79 Å². The summed E-state index contributed by atoms with van der Waals surface area (Å²) >= 11 is 0. The van der Waals surface area contributed by atoms with Crippen LogP contribution in [0.5, 0.6) is 0 Å². The third-order valence-electron chi connectivity index (χ3n) is 3.40. The summed E-state index contributed by atoms with van der Waals surface area (Å²) in [6.45, 7) is 4.17. The lowest BCUT2D eigenvalue weighted by atomic mass is 10.1. The Labute approximate surface area is 107 Å². The van der Waals surface area contributed by atoms with Crippen molar-refractivity contribution in [1.29, 1.82) is 0 Å². The number of aromatic nitrogens is 3. The molecule has 1 fully saturated rings. The van der Waals surface area contributed by atoms with Gasteiger partial charge in [0, 0.05) is 20.1 Å². The predicted octanol–water partition coefficient (Wildman–Crippen LogP) is 0.478. The molecule has 0 aromatic carbocycles. The lowest BCUT2D eigenvalue weighted by Crippen LogP contribution is -2.41. The molecule has 2 rings (SSSR count). The Balaban J connectivity index is 1.80. The van der Waals surface area contributed by atoms with Crippen molar-refractivity contribution in [3.63, 3.8) is 0 Å². The van der Waals surface area contributed by atoms with Crippen molar-refractivity contribution < 1.29 is 4.79 Å². The van der Waals surface area contributed by atoms with Crippen LogP contribution in [0.4, 0.5) is 0 Å². The molecule has 100 valence electrons. The van der Waals surface area contributed by atoms with Gasteiger partial charge in [-0.3, -0.25) is 10.1 Å². The first kappa shape index (κ1) is 13.0. The van der Waals surface area contributed by atoms with E-state index in [-0.39, 0.29) is 11.9 Å². The smallest absolute Gasteiger partial charge is 0.236 e. The number of aryl methyl sites for hydroxylation is 1. The van der Waals surface area contributed by atoms with Crippen LogP contribution in [0.2, 0.25) is 0 Å². The number of piperidine rings is 1. The number of hydrogen-bond acceptors (Lipinski definition) is 4. The van der Waals surface area contributed by atoms with Gasteiger partial charge < -0.3 is 9.47 Å². The van der Waals surface area contributed by atoms with Crippen LogP contribution < -0.4 is 5.32 Å². The highest BCUT2D eigenvalue weighted by molar-refractivity contribution is 5.78. The molecule has 1 unspecified atom stereocenters. The maximum atomic E-state index is 12.0. The highest BCUT2D eigenvalue weighted by atomic mass is 16.2. The fourth-order valence-electron chi connectivity index (χ4n) is 2.27. The zero-order chi connectivity index (χ0) is 13.0. The van der Waals surface area contributed by atoms with E-state index in [4.69, 9.17) is 0 Å². The highest BCUT2D eigenvalue weighted by Gasteiger charge is 2.18. The quantitative estimate of drug-likeness (QED) is 0.845. The largest absolute Gasteiger partial charge is 0.342 e. The van der Waals surface area contributed by atoms with Crippen LogP contribution in [-0.4, -0.2) is 45.2 Å². The van der Waals surface area contributed by atoms with Gasteiger partial charge in [-0.2, -0.15) is 0 Å². The summed E-state index contributed by atoms with van der Waals surface area (Å²) in [6.07, 6.45) is 5.17. The van der Waals surface area contributed by atoms with Crippen LogP contribution in [0.1, 0.15) is 38.1 Å². The number of carbonyl (C=O) groups excluding carboxylic acids is 1. The van der Waals surface area contributed by atoms with Crippen molar-refractivity contribution in [2.24, 2.45) is 7.05 Å². The molecule has 1 atom stereocenters. The fraction of sp³-hybridized carbons (Fsp3) is 0.750. The topological polar surface area (TPSA) is 63.1 Å². The Kier molecular flexibility index (Phi) is 4.30. The van der Waals surface area contributed by atoms with Gasteiger partial charge >= 0.3 is 0 Å². The number of carbonyl (C=O) groups is 1. The molecule has 18 heavy (non-hydrogen) atoms. The van der Waals surface area contributed by atoms with Gasteiger partial charge in [-0.15, -0.1) is 10.2 Å². The predicted molar refractivity (Wildman–Crippen MR) is 67.9 cm³/mol. The number of rotatable bonds is 4. The normalized spacial score (nSPS) is 17.8. The van der Waals surface area contributed by atoms with Crippen molar-refractivity contribution in [2.75, 3.05) is 19.6 Å². The van der Waals surface area contributed by atoms with Crippen LogP contribution in [-0.2, 0) is 11.8 Å². The van der Waals surface area contributed by atoms with Crippen molar-refractivity contribution in [3.05, 3.63) is 12.2 Å². The van der Waals surface area contributed by atoms with Crippen LogP contribution in [0.25, 0.3) is 0 Å². The van der Waals surface area contributed by atoms with E-state index in [2.05, 4.69) is 15.5 Å². The molecule has 2 heterocycles. The standard InChI is InChI=1S/C12H21N5O/c1-10(12-15-14-9-16(12)2)13-8-11(18)17-6-4-3-5-7-17/h9-10,13H,3-8H2,1-2H3. The van der Waals surface area contributed by atoms with E-state index in [1.165, 1.54) is 6.42 Å². The van der Waals surface area contributed by atoms with Crippen LogP contribution in [0.3, 0.4) is 0 Å². The molecule has 0 aliphatic carbocycles. The maximum absolute atomic E-state index is 12.0. The highest BCUT2D eigenvalue weighted by Crippen LogP contribution is 2.10. The third kappa shape index (κ3) is 3.07. The van der Waals surface area contributed by atoms with Crippen LogP contribution >= 0.6 is 0 Å². The molecule has 1 aliphatic rings. The van der Waals surface area contributed by atoms with Crippen LogP contribution in [0.15, 0.2) is 6.33 Å². The zero-order valence-corrected chi connectivity index (χ0v) is 11.1. The summed E-state index contributed by atoms with van der Waals surface area (Å²) in [4.78, 5) is 13.9. The number of amides is 1. The summed E-state index contributed by atoms with van der Waals surface area (Å²) in [5.41, 5.74) is 0. The molecular weight excluding hydrogens is 230 g/mol. The SMILES string of the molecule is CC(NCC(=O)N1CCCCC1)c1nncn1C. The summed E-state index contributed by atoms with van der Waals surface area (Å²) in [7, 11) is 1.90. The molecule has 1 aliphatic heterocycles. The summed E-state index contributed by atoms with van der Waals surface area (Å²) in [6, 6.07) is 0.0336. The van der Waals surface area contributed by atoms with E-state index in [0.29, 0.717) is 6.54 Å². The van der Waals surface area contributed by atoms with Crippen molar-refractivity contribution in [3.8, 4) is 0 Å². The van der Waals surface area contributed by atoms with Gasteiger partial charge in [0.2, 0.25) is 5.91 Å². The van der Waals surface area contributed by atoms with Crippen molar-refractivity contribution >= 4 is 5.91 Å². The second-order valence-corrected chi connectivity index (χ2v) is 4.84. The summed E-state index contributed by atoms with van der Waals surface area (Å²) < 4.78 is 1.86. The van der Waals surface area contributed by atoms with Crippen LogP contribution in [0, 0.1) is 0 Å². The molecule has 1 aromatic heterocycles. The van der Waals surface area contributed by atoms with Crippen molar-refractivity contribution in [1.82, 2.24) is 25.0 Å². The molecule has 0 saturated carbocycles. The van der Waals surface area contributed by atoms with Gasteiger partial charge in [0.15, 0.2) is 0 Å². The first-order valence-corrected chi connectivity index (χ1v) is 6.53. The minimum atomic E-state index is 0.0336. The third-order valence-corrected chi connectivity index (χ3v) is 3.40. The molecule has 0 radical (unpaired) electrons.